The van der Waals surface area contributed by atoms with Gasteiger partial charge in [0.1, 0.15) is 17.8 Å². The van der Waals surface area contributed by atoms with E-state index in [9.17, 15) is 9.90 Å². The van der Waals surface area contributed by atoms with E-state index >= 15 is 0 Å². The number of nitrogens with zero attached hydrogens (tertiary/aromatic N) is 1. The summed E-state index contributed by atoms with van der Waals surface area (Å²) in [7, 11) is 0. The van der Waals surface area contributed by atoms with Crippen molar-refractivity contribution < 1.29 is 28.8 Å². The van der Waals surface area contributed by atoms with Gasteiger partial charge >= 0.3 is 5.97 Å². The zero-order valence-corrected chi connectivity index (χ0v) is 15.6. The molecule has 5 rings (SSSR count). The first-order valence-electron chi connectivity index (χ1n) is 9.95. The summed E-state index contributed by atoms with van der Waals surface area (Å²) in [6.07, 6.45) is 1.47. The van der Waals surface area contributed by atoms with E-state index in [2.05, 4.69) is 11.8 Å². The van der Waals surface area contributed by atoms with Crippen LogP contribution in [0.4, 0.5) is 0 Å². The monoisotopic (exact) mass is 367 g/mol. The van der Waals surface area contributed by atoms with Crippen LogP contribution in [0.25, 0.3) is 0 Å². The number of esters is 1. The summed E-state index contributed by atoms with van der Waals surface area (Å²) >= 11 is 0. The molecule has 1 N–H and O–H groups in total. The lowest BCUT2D eigenvalue weighted by atomic mass is 9.77. The minimum Gasteiger partial charge on any atom is -0.459 e. The van der Waals surface area contributed by atoms with Gasteiger partial charge in [-0.25, -0.2) is 0 Å². The van der Waals surface area contributed by atoms with Gasteiger partial charge in [-0.05, 0) is 33.1 Å². The molecule has 7 heteroatoms. The number of ether oxygens (including phenoxy) is 4. The minimum atomic E-state index is -0.579. The number of carbonyl (C=O) groups is 1. The van der Waals surface area contributed by atoms with Crippen LogP contribution >= 0.6 is 0 Å². The molecule has 4 heterocycles. The topological polar surface area (TPSA) is 84.1 Å². The van der Waals surface area contributed by atoms with E-state index in [0.29, 0.717) is 26.2 Å². The van der Waals surface area contributed by atoms with Gasteiger partial charge < -0.3 is 24.1 Å². The van der Waals surface area contributed by atoms with Crippen LogP contribution in [-0.2, 0) is 23.7 Å². The van der Waals surface area contributed by atoms with Crippen LogP contribution in [0, 0.1) is 11.8 Å². The highest BCUT2D eigenvalue weighted by Crippen LogP contribution is 2.54. The van der Waals surface area contributed by atoms with Gasteiger partial charge in [0.15, 0.2) is 0 Å². The van der Waals surface area contributed by atoms with Gasteiger partial charge in [-0.2, -0.15) is 0 Å². The van der Waals surface area contributed by atoms with Crippen LogP contribution in [0.15, 0.2) is 0 Å². The van der Waals surface area contributed by atoms with Gasteiger partial charge in [-0.15, -0.1) is 0 Å². The average Bonchev–Trinajstić information content (AvgIpc) is 3.47. The number of carbonyl (C=O) groups excluding carboxylic acids is 1. The Kier molecular flexibility index (Phi) is 3.93. The average molecular weight is 367 g/mol. The van der Waals surface area contributed by atoms with Gasteiger partial charge in [0.2, 0.25) is 0 Å². The summed E-state index contributed by atoms with van der Waals surface area (Å²) in [6, 6.07) is 0. The molecule has 7 nitrogen and oxygen atoms in total. The molecule has 0 aromatic heterocycles. The van der Waals surface area contributed by atoms with E-state index in [1.54, 1.807) is 0 Å². The summed E-state index contributed by atoms with van der Waals surface area (Å²) in [5.41, 5.74) is -0.718. The third-order valence-corrected chi connectivity index (χ3v) is 7.33. The Labute approximate surface area is 153 Å². The number of hydrogen-bond donors (Lipinski definition) is 1. The Morgan fingerprint density at radius 2 is 2.00 bits per heavy atom. The molecule has 0 radical (unpaired) electrons. The predicted octanol–water partition coefficient (Wildman–Crippen LogP) is 0.336. The van der Waals surface area contributed by atoms with Crippen LogP contribution in [-0.4, -0.2) is 84.4 Å². The molecule has 0 amide bonds. The van der Waals surface area contributed by atoms with Gasteiger partial charge in [0.25, 0.3) is 0 Å². The van der Waals surface area contributed by atoms with Crippen molar-refractivity contribution in [3.05, 3.63) is 0 Å². The quantitative estimate of drug-likeness (QED) is 0.556. The highest BCUT2D eigenvalue weighted by Gasteiger charge is 2.67. The maximum Gasteiger partial charge on any atom is 0.311 e. The number of aliphatic hydroxyl groups excluding tert-OH is 1. The molecule has 146 valence electrons. The normalized spacial score (nSPS) is 53.9. The molecule has 5 aliphatic rings. The Balaban J connectivity index is 1.39. The second-order valence-electron chi connectivity index (χ2n) is 9.02. The van der Waals surface area contributed by atoms with Crippen molar-refractivity contribution >= 4 is 5.97 Å². The molecule has 0 aromatic carbocycles. The van der Waals surface area contributed by atoms with E-state index < -0.39 is 11.7 Å². The minimum absolute atomic E-state index is 0.0352. The molecule has 1 aliphatic carbocycles. The Bertz CT molecular complexity index is 595. The van der Waals surface area contributed by atoms with Gasteiger partial charge in [0, 0.05) is 25.6 Å². The predicted molar refractivity (Wildman–Crippen MR) is 90.5 cm³/mol. The van der Waals surface area contributed by atoms with Crippen LogP contribution in [0.3, 0.4) is 0 Å². The van der Waals surface area contributed by atoms with Crippen molar-refractivity contribution in [1.82, 2.24) is 4.90 Å². The maximum atomic E-state index is 12.7. The molecule has 0 bridgehead atoms. The third kappa shape index (κ3) is 2.71. The van der Waals surface area contributed by atoms with E-state index in [1.807, 2.05) is 6.92 Å². The Morgan fingerprint density at radius 1 is 1.23 bits per heavy atom. The zero-order valence-electron chi connectivity index (χ0n) is 15.6. The lowest BCUT2D eigenvalue weighted by molar-refractivity contribution is -0.145. The summed E-state index contributed by atoms with van der Waals surface area (Å²) in [5, 5.41) is 10.9. The molecular weight excluding hydrogens is 338 g/mol. The van der Waals surface area contributed by atoms with Crippen LogP contribution in [0.2, 0.25) is 0 Å². The molecular formula is C19H29NO6. The second-order valence-corrected chi connectivity index (χ2v) is 9.02. The number of epoxide rings is 2. The first-order chi connectivity index (χ1) is 12.4. The van der Waals surface area contributed by atoms with Crippen molar-refractivity contribution in [1.29, 1.82) is 0 Å². The lowest BCUT2D eigenvalue weighted by Crippen LogP contribution is -2.44. The highest BCUT2D eigenvalue weighted by atomic mass is 16.7. The number of morpholine rings is 1. The van der Waals surface area contributed by atoms with E-state index in [1.165, 1.54) is 0 Å². The number of hydrogen-bond acceptors (Lipinski definition) is 7. The molecule has 5 fully saturated rings. The van der Waals surface area contributed by atoms with Crippen LogP contribution in [0.5, 0.6) is 0 Å². The summed E-state index contributed by atoms with van der Waals surface area (Å²) in [5.74, 6) is -0.400. The first kappa shape index (κ1) is 17.4. The van der Waals surface area contributed by atoms with Gasteiger partial charge in [-0.3, -0.25) is 9.69 Å². The van der Waals surface area contributed by atoms with Crippen molar-refractivity contribution in [3.8, 4) is 0 Å². The van der Waals surface area contributed by atoms with Gasteiger partial charge in [0.05, 0.1) is 36.9 Å². The first-order valence-corrected chi connectivity index (χ1v) is 9.95. The third-order valence-electron chi connectivity index (χ3n) is 7.33. The van der Waals surface area contributed by atoms with Crippen LogP contribution in [0.1, 0.15) is 33.1 Å². The van der Waals surface area contributed by atoms with Crippen LogP contribution < -0.4 is 0 Å². The molecule has 0 unspecified atom stereocenters. The molecule has 0 spiro atoms. The van der Waals surface area contributed by atoms with E-state index in [-0.39, 0.29) is 41.7 Å². The molecule has 26 heavy (non-hydrogen) atoms. The fourth-order valence-corrected chi connectivity index (χ4v) is 5.26. The number of rotatable bonds is 2. The molecule has 0 aromatic rings. The fraction of sp³-hybridized carbons (Fsp3) is 0.947. The zero-order chi connectivity index (χ0) is 18.1. The number of fused-ring (bicyclic) bond motifs is 4. The van der Waals surface area contributed by atoms with Crippen molar-refractivity contribution in [2.45, 2.75) is 68.7 Å². The Morgan fingerprint density at radius 3 is 2.77 bits per heavy atom. The molecule has 8 atom stereocenters. The van der Waals surface area contributed by atoms with E-state index in [4.69, 9.17) is 18.9 Å². The fourth-order valence-electron chi connectivity index (χ4n) is 5.26. The van der Waals surface area contributed by atoms with E-state index in [0.717, 1.165) is 25.9 Å². The number of aliphatic hydroxyl groups is 1. The van der Waals surface area contributed by atoms with Gasteiger partial charge in [-0.1, -0.05) is 0 Å². The van der Waals surface area contributed by atoms with Crippen molar-refractivity contribution in [3.63, 3.8) is 0 Å². The molecule has 1 saturated carbocycles. The summed E-state index contributed by atoms with van der Waals surface area (Å²) in [4.78, 5) is 15.0. The highest BCUT2D eigenvalue weighted by molar-refractivity contribution is 5.76. The summed E-state index contributed by atoms with van der Waals surface area (Å²) < 4.78 is 23.1. The SMILES string of the molecule is C[C@]12O[C@@H]1CC[C@@]1(C)O[C@@H]1[C@H]1OC(=O)[C@@H](CN3CCOCC3)[C@@H]1C[C@H]2O. The standard InChI is InChI=1S/C19H29NO6/c1-18-4-3-14-19(2,25-14)13(21)9-11-12(10-20-5-7-23-8-6-20)17(22)24-15(11)16(18)26-18/h11-16,21H,3-10H2,1-2H3/t11-,12-,13+,14+,15-,16+,18+,19+/m0/s1. The maximum absolute atomic E-state index is 12.7. The lowest BCUT2D eigenvalue weighted by Gasteiger charge is -2.31. The smallest absolute Gasteiger partial charge is 0.311 e. The molecule has 4 saturated heterocycles. The molecule has 4 aliphatic heterocycles. The van der Waals surface area contributed by atoms with Crippen molar-refractivity contribution in [2.75, 3.05) is 32.8 Å². The summed E-state index contributed by atoms with van der Waals surface area (Å²) in [6.45, 7) is 7.84. The second kappa shape index (κ2) is 5.88. The Hall–Kier alpha value is -0.730. The largest absolute Gasteiger partial charge is 0.459 e. The van der Waals surface area contributed by atoms with Crippen molar-refractivity contribution in [2.24, 2.45) is 11.8 Å².